The van der Waals surface area contributed by atoms with Crippen molar-refractivity contribution in [2.45, 2.75) is 48.5 Å². The Bertz CT molecular complexity index is 941. The summed E-state index contributed by atoms with van der Waals surface area (Å²) < 4.78 is 12.6. The quantitative estimate of drug-likeness (QED) is 0.760. The van der Waals surface area contributed by atoms with E-state index in [-0.39, 0.29) is 12.1 Å². The number of rotatable bonds is 4. The first-order valence-corrected chi connectivity index (χ1v) is 12.2. The molecule has 1 saturated heterocycles. The van der Waals surface area contributed by atoms with Crippen molar-refractivity contribution < 1.29 is 9.32 Å². The minimum Gasteiger partial charge on any atom is -0.394 e. The number of anilines is 2. The van der Waals surface area contributed by atoms with Gasteiger partial charge in [0, 0.05) is 43.7 Å². The van der Waals surface area contributed by atoms with Gasteiger partial charge in [-0.1, -0.05) is 11.6 Å². The van der Waals surface area contributed by atoms with Crippen LogP contribution in [0.4, 0.5) is 11.8 Å². The predicted molar refractivity (Wildman–Crippen MR) is 116 cm³/mol. The maximum atomic E-state index is 12.6. The molecule has 1 N–H and O–H groups in total. The Morgan fingerprint density at radius 2 is 1.87 bits per heavy atom. The lowest BCUT2D eigenvalue weighted by Gasteiger charge is -2.51. The summed E-state index contributed by atoms with van der Waals surface area (Å²) in [5.74, 6) is 3.10. The SMILES string of the molecule is O=[S@@]1CCN(C2(CO)CCC2)c2nc(N3CCC(c4ncc(Cl)cn4)CC3)ncc21. The Balaban J connectivity index is 1.36. The van der Waals surface area contributed by atoms with E-state index in [1.807, 2.05) is 0 Å². The van der Waals surface area contributed by atoms with E-state index in [0.717, 1.165) is 56.8 Å². The fraction of sp³-hybridized carbons (Fsp3) is 0.600. The number of aliphatic hydroxyl groups is 1. The van der Waals surface area contributed by atoms with E-state index in [1.54, 1.807) is 18.6 Å². The van der Waals surface area contributed by atoms with Gasteiger partial charge in [-0.2, -0.15) is 4.98 Å². The van der Waals surface area contributed by atoms with Crippen LogP contribution in [0.15, 0.2) is 23.5 Å². The van der Waals surface area contributed by atoms with Gasteiger partial charge in [-0.05, 0) is 32.1 Å². The molecule has 4 heterocycles. The molecule has 1 atom stereocenters. The molecule has 3 aliphatic rings. The number of hydrogen-bond donors (Lipinski definition) is 1. The number of piperidine rings is 1. The molecule has 1 saturated carbocycles. The molecular weight excluding hydrogens is 424 g/mol. The van der Waals surface area contributed by atoms with E-state index in [1.165, 1.54) is 0 Å². The molecule has 160 valence electrons. The molecule has 0 spiro atoms. The highest BCUT2D eigenvalue weighted by atomic mass is 35.5. The molecule has 10 heteroatoms. The van der Waals surface area contributed by atoms with Crippen molar-refractivity contribution >= 4 is 34.2 Å². The standard InChI is InChI=1S/C20H25ClN6O2S/c21-15-10-22-17(23-11-15)14-2-6-26(7-3-14)19-24-12-16-18(25-19)27(8-9-30(16)29)20(13-28)4-1-5-20/h10-12,14,28H,1-9,13H2/t30-/m1/s1. The zero-order valence-corrected chi connectivity index (χ0v) is 18.3. The Labute approximate surface area is 183 Å². The molecule has 0 radical (unpaired) electrons. The summed E-state index contributed by atoms with van der Waals surface area (Å²) in [4.78, 5) is 23.2. The van der Waals surface area contributed by atoms with Crippen LogP contribution in [0.5, 0.6) is 0 Å². The monoisotopic (exact) mass is 448 g/mol. The molecule has 2 aromatic rings. The van der Waals surface area contributed by atoms with E-state index in [2.05, 4.69) is 24.8 Å². The van der Waals surface area contributed by atoms with Crippen LogP contribution in [0.2, 0.25) is 5.02 Å². The first kappa shape index (κ1) is 20.1. The maximum absolute atomic E-state index is 12.6. The van der Waals surface area contributed by atoms with Crippen LogP contribution in [-0.4, -0.2) is 66.8 Å². The summed E-state index contributed by atoms with van der Waals surface area (Å²) in [6.07, 6.45) is 9.84. The molecular formula is C20H25ClN6O2S. The molecule has 1 aliphatic carbocycles. The van der Waals surface area contributed by atoms with Crippen molar-refractivity contribution in [3.05, 3.63) is 29.4 Å². The fourth-order valence-corrected chi connectivity index (χ4v) is 5.88. The maximum Gasteiger partial charge on any atom is 0.227 e. The first-order valence-electron chi connectivity index (χ1n) is 10.5. The normalized spacial score (nSPS) is 23.7. The Morgan fingerprint density at radius 3 is 2.50 bits per heavy atom. The molecule has 30 heavy (non-hydrogen) atoms. The van der Waals surface area contributed by atoms with Crippen molar-refractivity contribution in [2.75, 3.05) is 41.8 Å². The van der Waals surface area contributed by atoms with Crippen molar-refractivity contribution in [3.8, 4) is 0 Å². The summed E-state index contributed by atoms with van der Waals surface area (Å²) >= 11 is 5.90. The third-order valence-electron chi connectivity index (χ3n) is 6.66. The van der Waals surface area contributed by atoms with Gasteiger partial charge in [0.05, 0.1) is 39.1 Å². The molecule has 2 aromatic heterocycles. The van der Waals surface area contributed by atoms with Crippen molar-refractivity contribution in [2.24, 2.45) is 0 Å². The van der Waals surface area contributed by atoms with Gasteiger partial charge in [0.1, 0.15) is 5.82 Å². The highest BCUT2D eigenvalue weighted by molar-refractivity contribution is 7.85. The Morgan fingerprint density at radius 1 is 1.13 bits per heavy atom. The smallest absolute Gasteiger partial charge is 0.227 e. The number of aliphatic hydroxyl groups excluding tert-OH is 1. The molecule has 0 aromatic carbocycles. The van der Waals surface area contributed by atoms with Crippen molar-refractivity contribution in [1.82, 2.24) is 19.9 Å². The van der Waals surface area contributed by atoms with Crippen LogP contribution < -0.4 is 9.80 Å². The number of aromatic nitrogens is 4. The second-order valence-electron chi connectivity index (χ2n) is 8.32. The summed E-state index contributed by atoms with van der Waals surface area (Å²) in [6, 6.07) is 0. The van der Waals surface area contributed by atoms with Gasteiger partial charge in [-0.15, -0.1) is 0 Å². The third kappa shape index (κ3) is 3.46. The van der Waals surface area contributed by atoms with E-state index in [0.29, 0.717) is 34.1 Å². The van der Waals surface area contributed by atoms with Gasteiger partial charge in [0.15, 0.2) is 5.82 Å². The summed E-state index contributed by atoms with van der Waals surface area (Å²) in [5, 5.41) is 10.6. The number of nitrogens with zero attached hydrogens (tertiary/aromatic N) is 6. The van der Waals surface area contributed by atoms with E-state index < -0.39 is 10.8 Å². The van der Waals surface area contributed by atoms with E-state index in [9.17, 15) is 9.32 Å². The zero-order chi connectivity index (χ0) is 20.7. The van der Waals surface area contributed by atoms with Crippen LogP contribution in [-0.2, 0) is 10.8 Å². The predicted octanol–water partition coefficient (Wildman–Crippen LogP) is 2.15. The first-order chi connectivity index (χ1) is 14.6. The zero-order valence-electron chi connectivity index (χ0n) is 16.7. The molecule has 2 aliphatic heterocycles. The highest BCUT2D eigenvalue weighted by Crippen LogP contribution is 2.43. The average molecular weight is 449 g/mol. The summed E-state index contributed by atoms with van der Waals surface area (Å²) in [6.45, 7) is 2.38. The molecule has 0 bridgehead atoms. The molecule has 0 amide bonds. The summed E-state index contributed by atoms with van der Waals surface area (Å²) in [5.41, 5.74) is -0.260. The molecule has 0 unspecified atom stereocenters. The molecule has 8 nitrogen and oxygen atoms in total. The Kier molecular flexibility index (Phi) is 5.37. The van der Waals surface area contributed by atoms with Crippen LogP contribution in [0.3, 0.4) is 0 Å². The second-order valence-corrected chi connectivity index (χ2v) is 10.3. The van der Waals surface area contributed by atoms with Crippen LogP contribution >= 0.6 is 11.6 Å². The lowest BCUT2D eigenvalue weighted by Crippen LogP contribution is -2.59. The lowest BCUT2D eigenvalue weighted by atomic mass is 9.76. The number of hydrogen-bond acceptors (Lipinski definition) is 8. The van der Waals surface area contributed by atoms with Crippen molar-refractivity contribution in [1.29, 1.82) is 0 Å². The highest BCUT2D eigenvalue weighted by Gasteiger charge is 2.45. The average Bonchev–Trinajstić information content (AvgIpc) is 2.75. The van der Waals surface area contributed by atoms with Gasteiger partial charge in [0.25, 0.3) is 0 Å². The van der Waals surface area contributed by atoms with Crippen molar-refractivity contribution in [3.63, 3.8) is 0 Å². The minimum atomic E-state index is -1.09. The fourth-order valence-electron chi connectivity index (χ4n) is 4.68. The molecule has 5 rings (SSSR count). The largest absolute Gasteiger partial charge is 0.394 e. The number of fused-ring (bicyclic) bond motifs is 1. The van der Waals surface area contributed by atoms with Crippen LogP contribution in [0, 0.1) is 0 Å². The van der Waals surface area contributed by atoms with Gasteiger partial charge in [-0.25, -0.2) is 15.0 Å². The topological polar surface area (TPSA) is 95.3 Å². The summed E-state index contributed by atoms with van der Waals surface area (Å²) in [7, 11) is -1.09. The minimum absolute atomic E-state index is 0.102. The number of halogens is 1. The van der Waals surface area contributed by atoms with Gasteiger partial charge in [0.2, 0.25) is 5.95 Å². The van der Waals surface area contributed by atoms with E-state index in [4.69, 9.17) is 16.6 Å². The van der Waals surface area contributed by atoms with Gasteiger partial charge >= 0.3 is 0 Å². The Hall–Kier alpha value is -1.84. The second kappa shape index (κ2) is 8.01. The lowest BCUT2D eigenvalue weighted by molar-refractivity contribution is 0.115. The van der Waals surface area contributed by atoms with E-state index >= 15 is 0 Å². The van der Waals surface area contributed by atoms with Gasteiger partial charge in [-0.3, -0.25) is 4.21 Å². The van der Waals surface area contributed by atoms with Crippen LogP contribution in [0.1, 0.15) is 43.8 Å². The van der Waals surface area contributed by atoms with Crippen LogP contribution in [0.25, 0.3) is 0 Å². The third-order valence-corrected chi connectivity index (χ3v) is 8.19. The van der Waals surface area contributed by atoms with Gasteiger partial charge < -0.3 is 14.9 Å². The molecule has 2 fully saturated rings.